The van der Waals surface area contributed by atoms with Gasteiger partial charge in [0.2, 0.25) is 5.16 Å². The standard InChI is InChI=1S/C19H23N7O6S/c1-11(16(27)21-18(29)20-13-6-4-3-5-7-13)32-17(28)12-8-9-15(14(10-12)26(30)31)33-19-22-23-24-25(19)2/h8-11,13H,3-7H2,1-2H3,(H2,20,21,27,29)/t11-/m1/s1. The number of aryl methyl sites for hydroxylation is 1. The molecule has 2 N–H and O–H groups in total. The molecule has 0 saturated heterocycles. The van der Waals surface area contributed by atoms with E-state index in [-0.39, 0.29) is 22.2 Å². The second-order valence-electron chi connectivity index (χ2n) is 7.47. The third-order valence-electron chi connectivity index (χ3n) is 5.00. The lowest BCUT2D eigenvalue weighted by atomic mass is 9.96. The molecule has 1 aromatic carbocycles. The highest BCUT2D eigenvalue weighted by atomic mass is 32.2. The number of carbonyl (C=O) groups is 3. The van der Waals surface area contributed by atoms with Gasteiger partial charge in [-0.2, -0.15) is 0 Å². The molecule has 1 fully saturated rings. The van der Waals surface area contributed by atoms with Gasteiger partial charge in [-0.1, -0.05) is 19.3 Å². The number of carbonyl (C=O) groups excluding carboxylic acids is 3. The highest BCUT2D eigenvalue weighted by Gasteiger charge is 2.25. The molecule has 0 radical (unpaired) electrons. The van der Waals surface area contributed by atoms with Crippen LogP contribution in [0.25, 0.3) is 0 Å². The number of nitro groups is 1. The van der Waals surface area contributed by atoms with Crippen molar-refractivity contribution in [1.29, 1.82) is 0 Å². The zero-order valence-electron chi connectivity index (χ0n) is 18.0. The summed E-state index contributed by atoms with van der Waals surface area (Å²) in [4.78, 5) is 47.8. The van der Waals surface area contributed by atoms with Gasteiger partial charge in [0.1, 0.15) is 0 Å². The van der Waals surface area contributed by atoms with Crippen molar-refractivity contribution >= 4 is 35.4 Å². The van der Waals surface area contributed by atoms with Crippen LogP contribution in [0.2, 0.25) is 0 Å². The van der Waals surface area contributed by atoms with E-state index in [9.17, 15) is 24.5 Å². The molecule has 2 aromatic rings. The molecule has 1 saturated carbocycles. The van der Waals surface area contributed by atoms with E-state index in [1.54, 1.807) is 7.05 Å². The number of tetrazole rings is 1. The normalized spacial score (nSPS) is 14.8. The van der Waals surface area contributed by atoms with Crippen molar-refractivity contribution in [3.63, 3.8) is 0 Å². The summed E-state index contributed by atoms with van der Waals surface area (Å²) in [5, 5.41) is 27.6. The number of imide groups is 1. The van der Waals surface area contributed by atoms with Gasteiger partial charge in [0, 0.05) is 19.2 Å². The van der Waals surface area contributed by atoms with Gasteiger partial charge in [0.05, 0.1) is 15.4 Å². The topological polar surface area (TPSA) is 171 Å². The number of benzene rings is 1. The molecule has 3 amide bonds. The van der Waals surface area contributed by atoms with E-state index in [2.05, 4.69) is 26.2 Å². The fourth-order valence-corrected chi connectivity index (χ4v) is 4.06. The molecule has 1 heterocycles. The minimum absolute atomic E-state index is 0.0127. The summed E-state index contributed by atoms with van der Waals surface area (Å²) >= 11 is 0.960. The van der Waals surface area contributed by atoms with Crippen LogP contribution in [0.15, 0.2) is 28.3 Å². The summed E-state index contributed by atoms with van der Waals surface area (Å²) in [6.45, 7) is 1.31. The first-order valence-electron chi connectivity index (χ1n) is 10.3. The summed E-state index contributed by atoms with van der Waals surface area (Å²) in [5.41, 5.74) is -0.463. The van der Waals surface area contributed by atoms with Gasteiger partial charge in [-0.25, -0.2) is 14.3 Å². The molecule has 1 aliphatic rings. The lowest BCUT2D eigenvalue weighted by molar-refractivity contribution is -0.387. The first kappa shape index (κ1) is 24.1. The lowest BCUT2D eigenvalue weighted by Gasteiger charge is -2.23. The molecule has 3 rings (SSSR count). The fourth-order valence-electron chi connectivity index (χ4n) is 3.24. The first-order valence-corrected chi connectivity index (χ1v) is 11.1. The van der Waals surface area contributed by atoms with Crippen LogP contribution >= 0.6 is 11.8 Å². The zero-order valence-corrected chi connectivity index (χ0v) is 18.8. The second-order valence-corrected chi connectivity index (χ2v) is 8.48. The minimum atomic E-state index is -1.28. The molecule has 13 nitrogen and oxygen atoms in total. The van der Waals surface area contributed by atoms with E-state index in [1.807, 2.05) is 0 Å². The van der Waals surface area contributed by atoms with E-state index in [1.165, 1.54) is 23.7 Å². The maximum atomic E-state index is 12.5. The Morgan fingerprint density at radius 3 is 2.64 bits per heavy atom. The first-order chi connectivity index (χ1) is 15.7. The van der Waals surface area contributed by atoms with E-state index in [4.69, 9.17) is 4.74 Å². The Morgan fingerprint density at radius 2 is 2.00 bits per heavy atom. The molecule has 1 aliphatic carbocycles. The maximum Gasteiger partial charge on any atom is 0.339 e. The van der Waals surface area contributed by atoms with E-state index in [0.717, 1.165) is 49.9 Å². The third kappa shape index (κ3) is 6.47. The molecule has 14 heteroatoms. The number of ether oxygens (including phenoxy) is 1. The number of aromatic nitrogens is 4. The number of nitrogens with zero attached hydrogens (tertiary/aromatic N) is 5. The van der Waals surface area contributed by atoms with Crippen molar-refractivity contribution in [2.75, 3.05) is 0 Å². The average Bonchev–Trinajstić information content (AvgIpc) is 3.18. The van der Waals surface area contributed by atoms with Crippen LogP contribution in [0.5, 0.6) is 0 Å². The van der Waals surface area contributed by atoms with Gasteiger partial charge in [0.25, 0.3) is 11.6 Å². The number of rotatable bonds is 7. The van der Waals surface area contributed by atoms with Crippen LogP contribution in [0, 0.1) is 10.1 Å². The van der Waals surface area contributed by atoms with Gasteiger partial charge in [-0.05, 0) is 54.1 Å². The largest absolute Gasteiger partial charge is 0.449 e. The SMILES string of the molecule is C[C@@H](OC(=O)c1ccc(Sc2nnnn2C)c([N+](=O)[O-])c1)C(=O)NC(=O)NC1CCCCC1. The summed E-state index contributed by atoms with van der Waals surface area (Å²) in [7, 11) is 1.59. The summed E-state index contributed by atoms with van der Waals surface area (Å²) in [6.07, 6.45) is 3.59. The Bertz CT molecular complexity index is 1050. The molecule has 1 atom stereocenters. The fraction of sp³-hybridized carbons (Fsp3) is 0.474. The number of hydrogen-bond donors (Lipinski definition) is 2. The van der Waals surface area contributed by atoms with E-state index >= 15 is 0 Å². The van der Waals surface area contributed by atoms with Crippen LogP contribution in [0.4, 0.5) is 10.5 Å². The summed E-state index contributed by atoms with van der Waals surface area (Å²) in [5.74, 6) is -1.74. The van der Waals surface area contributed by atoms with Crippen LogP contribution in [-0.2, 0) is 16.6 Å². The van der Waals surface area contributed by atoms with Crippen LogP contribution in [-0.4, -0.2) is 55.2 Å². The third-order valence-corrected chi connectivity index (χ3v) is 6.10. The second kappa shape index (κ2) is 10.8. The number of nitrogens with one attached hydrogen (secondary N) is 2. The van der Waals surface area contributed by atoms with Crippen LogP contribution < -0.4 is 10.6 Å². The van der Waals surface area contributed by atoms with Crippen molar-refractivity contribution in [3.8, 4) is 0 Å². The van der Waals surface area contributed by atoms with Gasteiger partial charge >= 0.3 is 12.0 Å². The van der Waals surface area contributed by atoms with E-state index in [0.29, 0.717) is 5.16 Å². The molecule has 0 bridgehead atoms. The molecule has 0 aliphatic heterocycles. The molecule has 1 aromatic heterocycles. The van der Waals surface area contributed by atoms with E-state index < -0.39 is 28.9 Å². The highest BCUT2D eigenvalue weighted by Crippen LogP contribution is 2.34. The number of esters is 1. The Kier molecular flexibility index (Phi) is 7.92. The van der Waals surface area contributed by atoms with Crippen molar-refractivity contribution < 1.29 is 24.0 Å². The van der Waals surface area contributed by atoms with Gasteiger partial charge in [0.15, 0.2) is 6.10 Å². The van der Waals surface area contributed by atoms with Gasteiger partial charge in [-0.3, -0.25) is 20.2 Å². The van der Waals surface area contributed by atoms with Crippen molar-refractivity contribution in [3.05, 3.63) is 33.9 Å². The Balaban J connectivity index is 1.60. The van der Waals surface area contributed by atoms with Crippen LogP contribution in [0.1, 0.15) is 49.4 Å². The predicted octanol–water partition coefficient (Wildman–Crippen LogP) is 1.97. The minimum Gasteiger partial charge on any atom is -0.449 e. The quantitative estimate of drug-likeness (QED) is 0.341. The smallest absolute Gasteiger partial charge is 0.339 e. The lowest BCUT2D eigenvalue weighted by Crippen LogP contribution is -2.48. The number of amides is 3. The molecule has 33 heavy (non-hydrogen) atoms. The van der Waals surface area contributed by atoms with Crippen molar-refractivity contribution in [2.24, 2.45) is 7.05 Å². The molecular formula is C19H23N7O6S. The molecule has 0 unspecified atom stereocenters. The van der Waals surface area contributed by atoms with Crippen LogP contribution in [0.3, 0.4) is 0 Å². The Labute approximate surface area is 192 Å². The van der Waals surface area contributed by atoms with Gasteiger partial charge in [-0.15, -0.1) is 5.10 Å². The molecule has 0 spiro atoms. The summed E-state index contributed by atoms with van der Waals surface area (Å²) < 4.78 is 6.44. The maximum absolute atomic E-state index is 12.5. The van der Waals surface area contributed by atoms with Crippen molar-refractivity contribution in [2.45, 2.75) is 61.2 Å². The predicted molar refractivity (Wildman–Crippen MR) is 114 cm³/mol. The Hall–Kier alpha value is -3.55. The number of nitro benzene ring substituents is 1. The monoisotopic (exact) mass is 477 g/mol. The number of urea groups is 1. The van der Waals surface area contributed by atoms with Gasteiger partial charge < -0.3 is 10.1 Å². The molecular weight excluding hydrogens is 454 g/mol. The number of hydrogen-bond acceptors (Lipinski definition) is 10. The zero-order chi connectivity index (χ0) is 24.0. The summed E-state index contributed by atoms with van der Waals surface area (Å²) in [6, 6.07) is 3.12. The average molecular weight is 478 g/mol. The van der Waals surface area contributed by atoms with Crippen molar-refractivity contribution in [1.82, 2.24) is 30.8 Å². The molecule has 176 valence electrons. The highest BCUT2D eigenvalue weighted by molar-refractivity contribution is 7.99. The Morgan fingerprint density at radius 1 is 1.27 bits per heavy atom.